The van der Waals surface area contributed by atoms with E-state index in [1.807, 2.05) is 0 Å². The number of pyridine rings is 1. The predicted molar refractivity (Wildman–Crippen MR) is 157 cm³/mol. The number of carbonyl (C=O) groups is 4. The summed E-state index contributed by atoms with van der Waals surface area (Å²) in [4.78, 5) is 57.3. The van der Waals surface area contributed by atoms with E-state index in [0.29, 0.717) is 5.56 Å². The van der Waals surface area contributed by atoms with Crippen LogP contribution in [0.1, 0.15) is 41.0 Å². The second kappa shape index (κ2) is 14.6. The van der Waals surface area contributed by atoms with Crippen molar-refractivity contribution in [2.75, 3.05) is 0 Å². The van der Waals surface area contributed by atoms with Crippen molar-refractivity contribution in [1.82, 2.24) is 20.9 Å². The fraction of sp³-hybridized carbons (Fsp3) is 0.344. The number of aromatic hydroxyl groups is 1. The summed E-state index contributed by atoms with van der Waals surface area (Å²) in [6, 6.07) is 6.35. The van der Waals surface area contributed by atoms with Crippen LogP contribution in [0.15, 0.2) is 48.7 Å². The largest absolute Gasteiger partial charge is 0.505 e. The number of benzene rings is 2. The second-order valence-corrected chi connectivity index (χ2v) is 11.2. The summed E-state index contributed by atoms with van der Waals surface area (Å²) >= 11 is 0. The first-order valence-electron chi connectivity index (χ1n) is 14.5. The molecule has 1 fully saturated rings. The number of nitrogens with one attached hydrogen (secondary N) is 3. The molecule has 0 saturated carbocycles. The quantitative estimate of drug-likeness (QED) is 0.116. The van der Waals surface area contributed by atoms with Gasteiger partial charge < -0.3 is 30.9 Å². The van der Waals surface area contributed by atoms with Crippen LogP contribution in [0, 0.1) is 36.1 Å². The summed E-state index contributed by atoms with van der Waals surface area (Å²) in [7, 11) is 0. The number of halogens is 4. The van der Waals surface area contributed by atoms with Gasteiger partial charge in [-0.3, -0.25) is 19.2 Å². The van der Waals surface area contributed by atoms with Crippen molar-refractivity contribution in [2.24, 2.45) is 5.92 Å². The summed E-state index contributed by atoms with van der Waals surface area (Å²) < 4.78 is 63.0. The lowest BCUT2D eigenvalue weighted by atomic mass is 9.90. The summed E-state index contributed by atoms with van der Waals surface area (Å²) in [6.07, 6.45) is -3.17. The second-order valence-electron chi connectivity index (χ2n) is 11.2. The minimum atomic E-state index is -2.12. The molecule has 2 aromatic carbocycles. The molecule has 1 aliphatic rings. The molecule has 3 amide bonds. The highest BCUT2D eigenvalue weighted by Crippen LogP contribution is 2.27. The van der Waals surface area contributed by atoms with Crippen LogP contribution < -0.4 is 16.0 Å². The van der Waals surface area contributed by atoms with Crippen LogP contribution in [0.2, 0.25) is 0 Å². The van der Waals surface area contributed by atoms with Gasteiger partial charge in [0.05, 0.1) is 24.1 Å². The third kappa shape index (κ3) is 7.68. The number of cyclic esters (lactones) is 1. The Morgan fingerprint density at radius 3 is 2.23 bits per heavy atom. The molecule has 5 N–H and O–H groups in total. The first-order valence-corrected chi connectivity index (χ1v) is 14.5. The minimum Gasteiger partial charge on any atom is -0.505 e. The molecule has 2 unspecified atom stereocenters. The molecule has 2 heterocycles. The molecule has 0 radical (unpaired) electrons. The van der Waals surface area contributed by atoms with Crippen molar-refractivity contribution >= 4 is 23.7 Å². The van der Waals surface area contributed by atoms with E-state index < -0.39 is 112 Å². The Bertz CT molecular complexity index is 1650. The Balaban J connectivity index is 1.77. The first-order chi connectivity index (χ1) is 22.2. The van der Waals surface area contributed by atoms with Gasteiger partial charge in [0.2, 0.25) is 5.91 Å². The van der Waals surface area contributed by atoms with Crippen LogP contribution >= 0.6 is 0 Å². The molecule has 47 heavy (non-hydrogen) atoms. The van der Waals surface area contributed by atoms with Gasteiger partial charge in [-0.2, -0.15) is 0 Å². The van der Waals surface area contributed by atoms with Gasteiger partial charge in [0.1, 0.15) is 11.8 Å². The molecule has 1 aliphatic heterocycles. The van der Waals surface area contributed by atoms with Crippen molar-refractivity contribution in [3.8, 4) is 5.75 Å². The third-order valence-electron chi connectivity index (χ3n) is 7.93. The van der Waals surface area contributed by atoms with Crippen molar-refractivity contribution in [1.29, 1.82) is 0 Å². The van der Waals surface area contributed by atoms with E-state index in [0.717, 1.165) is 6.92 Å². The third-order valence-corrected chi connectivity index (χ3v) is 7.93. The number of aromatic nitrogens is 1. The molecular weight excluding hydrogens is 628 g/mol. The van der Waals surface area contributed by atoms with Gasteiger partial charge in [0.25, 0.3) is 11.8 Å². The predicted octanol–water partition coefficient (Wildman–Crippen LogP) is 2.15. The molecular formula is C32H32F4N4O7. The lowest BCUT2D eigenvalue weighted by Gasteiger charge is -2.33. The highest BCUT2D eigenvalue weighted by atomic mass is 19.2. The highest BCUT2D eigenvalue weighted by molar-refractivity contribution is 5.98. The Hall–Kier alpha value is -5.05. The fourth-order valence-electron chi connectivity index (χ4n) is 5.13. The smallest absolute Gasteiger partial charge is 0.312 e. The van der Waals surface area contributed by atoms with Crippen LogP contribution in [0.4, 0.5) is 17.6 Å². The maximum absolute atomic E-state index is 14.9. The topological polar surface area (TPSA) is 167 Å². The Morgan fingerprint density at radius 1 is 0.915 bits per heavy atom. The summed E-state index contributed by atoms with van der Waals surface area (Å²) in [5.41, 5.74) is -1.27. The van der Waals surface area contributed by atoms with E-state index in [2.05, 4.69) is 20.9 Å². The fourth-order valence-corrected chi connectivity index (χ4v) is 5.13. The monoisotopic (exact) mass is 660 g/mol. The number of aliphatic hydroxyl groups excluding tert-OH is 1. The van der Waals surface area contributed by atoms with Crippen LogP contribution in [-0.4, -0.2) is 69.2 Å². The van der Waals surface area contributed by atoms with Gasteiger partial charge in [-0.1, -0.05) is 30.3 Å². The van der Waals surface area contributed by atoms with Crippen molar-refractivity contribution in [2.45, 2.75) is 63.9 Å². The van der Waals surface area contributed by atoms with Crippen LogP contribution in [0.25, 0.3) is 0 Å². The molecule has 1 saturated heterocycles. The number of nitrogens with zero attached hydrogens (tertiary/aromatic N) is 1. The van der Waals surface area contributed by atoms with Crippen LogP contribution in [0.5, 0.6) is 5.75 Å². The normalized spacial score (nSPS) is 23.9. The summed E-state index contributed by atoms with van der Waals surface area (Å²) in [6.45, 7) is 3.48. The van der Waals surface area contributed by atoms with Crippen LogP contribution in [0.3, 0.4) is 0 Å². The zero-order valence-corrected chi connectivity index (χ0v) is 25.4. The Kier molecular flexibility index (Phi) is 10.8. The van der Waals surface area contributed by atoms with Gasteiger partial charge in [0, 0.05) is 12.6 Å². The Labute approximate surface area is 266 Å². The van der Waals surface area contributed by atoms with E-state index in [4.69, 9.17) is 4.74 Å². The summed E-state index contributed by atoms with van der Waals surface area (Å²) in [5.74, 6) is -13.8. The molecule has 1 aromatic heterocycles. The molecule has 0 bridgehead atoms. The number of rotatable bonds is 6. The standard InChI is InChI=1S/C32H32F4N4O7/c1-14-18(23(34)25(36)24(35)22(14)33)13-19-28(42)15(2)32(46)47-21(12-17-8-5-4-6-9-17)29(43)38-16(3)26(30(44)39-19)40-31(45)27-20(41)10-7-11-37-27/h4-11,15-16,19,21,26,28,41-42H,12-13H2,1-3H3,(H,38,43)(H,39,44)(H,40,45)/t15-,16-,19?,21?,26+,28+/m1/s1. The number of esters is 1. The number of hydrogen-bond acceptors (Lipinski definition) is 8. The van der Waals surface area contributed by atoms with E-state index in [1.165, 1.54) is 32.2 Å². The first kappa shape index (κ1) is 34.8. The van der Waals surface area contributed by atoms with Gasteiger partial charge in [-0.15, -0.1) is 0 Å². The van der Waals surface area contributed by atoms with Gasteiger partial charge in [-0.25, -0.2) is 22.5 Å². The maximum Gasteiger partial charge on any atom is 0.312 e. The molecule has 3 aromatic rings. The molecule has 11 nitrogen and oxygen atoms in total. The number of ether oxygens (including phenoxy) is 1. The zero-order chi connectivity index (χ0) is 34.6. The van der Waals surface area contributed by atoms with E-state index in [9.17, 15) is 47.0 Å². The number of amides is 3. The van der Waals surface area contributed by atoms with Crippen LogP contribution in [-0.2, 0) is 32.0 Å². The van der Waals surface area contributed by atoms with E-state index >= 15 is 0 Å². The Morgan fingerprint density at radius 2 is 1.57 bits per heavy atom. The van der Waals surface area contributed by atoms with E-state index in [1.54, 1.807) is 30.3 Å². The molecule has 0 aliphatic carbocycles. The number of aliphatic hydroxyl groups is 1. The average molecular weight is 661 g/mol. The molecule has 0 spiro atoms. The maximum atomic E-state index is 14.9. The average Bonchev–Trinajstić information content (AvgIpc) is 3.05. The molecule has 4 rings (SSSR count). The van der Waals surface area contributed by atoms with E-state index in [-0.39, 0.29) is 6.42 Å². The number of hydrogen-bond donors (Lipinski definition) is 5. The lowest BCUT2D eigenvalue weighted by Crippen LogP contribution is -2.62. The number of carbonyl (C=O) groups excluding carboxylic acids is 4. The van der Waals surface area contributed by atoms with Gasteiger partial charge in [-0.05, 0) is 56.0 Å². The van der Waals surface area contributed by atoms with Crippen molar-refractivity contribution in [3.63, 3.8) is 0 Å². The zero-order valence-electron chi connectivity index (χ0n) is 25.4. The molecule has 250 valence electrons. The minimum absolute atomic E-state index is 0.124. The van der Waals surface area contributed by atoms with Gasteiger partial charge >= 0.3 is 5.97 Å². The molecule has 15 heteroatoms. The lowest BCUT2D eigenvalue weighted by molar-refractivity contribution is -0.164. The molecule has 6 atom stereocenters. The highest BCUT2D eigenvalue weighted by Gasteiger charge is 2.40. The van der Waals surface area contributed by atoms with Crippen molar-refractivity contribution in [3.05, 3.63) is 94.3 Å². The SMILES string of the molecule is Cc1c(F)c(F)c(F)c(F)c1CC1NC(=O)[C@@H](NC(=O)c2ncccc2O)[C@@H](C)NC(=O)C(Cc2ccccc2)OC(=O)[C@H](C)[C@@H]1O. The van der Waals surface area contributed by atoms with Crippen molar-refractivity contribution < 1.29 is 51.7 Å². The summed E-state index contributed by atoms with van der Waals surface area (Å²) in [5, 5.41) is 28.7. The van der Waals surface area contributed by atoms with Gasteiger partial charge in [0.15, 0.2) is 35.1 Å².